The lowest BCUT2D eigenvalue weighted by Gasteiger charge is -2.36. The van der Waals surface area contributed by atoms with Gasteiger partial charge in [0.15, 0.2) is 0 Å². The molecular formula is C13H19ClN2O3S. The van der Waals surface area contributed by atoms with E-state index in [1.165, 1.54) is 16.8 Å². The SMILES string of the molecule is CC1CCN(C(=O)c2cc(S(=O)(=O)Cl)cn2C)C(C)C1. The van der Waals surface area contributed by atoms with Crippen molar-refractivity contribution in [2.24, 2.45) is 13.0 Å². The van der Waals surface area contributed by atoms with Crippen LogP contribution < -0.4 is 0 Å². The second kappa shape index (κ2) is 5.41. The van der Waals surface area contributed by atoms with Crippen LogP contribution in [0.1, 0.15) is 37.2 Å². The molecule has 7 heteroatoms. The smallest absolute Gasteiger partial charge is 0.270 e. The zero-order valence-corrected chi connectivity index (χ0v) is 13.4. The predicted octanol–water partition coefficient (Wildman–Crippen LogP) is 2.21. The molecular weight excluding hydrogens is 300 g/mol. The van der Waals surface area contributed by atoms with Crippen molar-refractivity contribution in [3.63, 3.8) is 0 Å². The minimum atomic E-state index is -3.81. The summed E-state index contributed by atoms with van der Waals surface area (Å²) in [6.45, 7) is 4.91. The largest absolute Gasteiger partial charge is 0.345 e. The Morgan fingerprint density at radius 1 is 1.40 bits per heavy atom. The van der Waals surface area contributed by atoms with E-state index < -0.39 is 9.05 Å². The molecule has 0 radical (unpaired) electrons. The van der Waals surface area contributed by atoms with Crippen LogP contribution in [0, 0.1) is 5.92 Å². The van der Waals surface area contributed by atoms with Gasteiger partial charge in [-0.1, -0.05) is 6.92 Å². The molecule has 2 atom stereocenters. The molecule has 1 aromatic rings. The number of rotatable bonds is 2. The lowest BCUT2D eigenvalue weighted by atomic mass is 9.93. The summed E-state index contributed by atoms with van der Waals surface area (Å²) >= 11 is 0. The van der Waals surface area contributed by atoms with Gasteiger partial charge >= 0.3 is 0 Å². The third kappa shape index (κ3) is 3.01. The molecule has 1 amide bonds. The van der Waals surface area contributed by atoms with Crippen LogP contribution >= 0.6 is 10.7 Å². The number of nitrogens with zero attached hydrogens (tertiary/aromatic N) is 2. The lowest BCUT2D eigenvalue weighted by molar-refractivity contribution is 0.0579. The van der Waals surface area contributed by atoms with E-state index in [1.54, 1.807) is 11.9 Å². The highest BCUT2D eigenvalue weighted by Crippen LogP contribution is 2.25. The van der Waals surface area contributed by atoms with Crippen molar-refractivity contribution in [2.75, 3.05) is 6.54 Å². The fourth-order valence-electron chi connectivity index (χ4n) is 2.74. The van der Waals surface area contributed by atoms with Crippen molar-refractivity contribution in [3.05, 3.63) is 18.0 Å². The zero-order chi connectivity index (χ0) is 15.1. The van der Waals surface area contributed by atoms with Gasteiger partial charge in [-0.2, -0.15) is 0 Å². The van der Waals surface area contributed by atoms with E-state index >= 15 is 0 Å². The Hall–Kier alpha value is -1.01. The molecule has 2 heterocycles. The Morgan fingerprint density at radius 3 is 2.55 bits per heavy atom. The maximum Gasteiger partial charge on any atom is 0.270 e. The van der Waals surface area contributed by atoms with Gasteiger partial charge < -0.3 is 9.47 Å². The maximum absolute atomic E-state index is 12.5. The van der Waals surface area contributed by atoms with Crippen molar-refractivity contribution < 1.29 is 13.2 Å². The first kappa shape index (κ1) is 15.4. The van der Waals surface area contributed by atoms with E-state index in [1.807, 2.05) is 6.92 Å². The van der Waals surface area contributed by atoms with E-state index in [2.05, 4.69) is 6.92 Å². The van der Waals surface area contributed by atoms with E-state index in [9.17, 15) is 13.2 Å². The molecule has 1 aromatic heterocycles. The van der Waals surface area contributed by atoms with Gasteiger partial charge in [-0.3, -0.25) is 4.79 Å². The lowest BCUT2D eigenvalue weighted by Crippen LogP contribution is -2.44. The van der Waals surface area contributed by atoms with Gasteiger partial charge in [-0.25, -0.2) is 8.42 Å². The second-order valence-corrected chi connectivity index (χ2v) is 8.15. The molecule has 112 valence electrons. The van der Waals surface area contributed by atoms with Gasteiger partial charge in [0, 0.05) is 36.5 Å². The first-order chi connectivity index (χ1) is 9.20. The Morgan fingerprint density at radius 2 is 2.05 bits per heavy atom. The molecule has 0 aliphatic carbocycles. The molecule has 0 aromatic carbocycles. The number of halogens is 1. The number of amides is 1. The molecule has 20 heavy (non-hydrogen) atoms. The summed E-state index contributed by atoms with van der Waals surface area (Å²) in [5.74, 6) is 0.472. The van der Waals surface area contributed by atoms with Crippen LogP contribution in [0.15, 0.2) is 17.2 Å². The maximum atomic E-state index is 12.5. The monoisotopic (exact) mass is 318 g/mol. The van der Waals surface area contributed by atoms with Crippen LogP contribution in [0.2, 0.25) is 0 Å². The summed E-state index contributed by atoms with van der Waals surface area (Å²) in [6.07, 6.45) is 3.31. The van der Waals surface area contributed by atoms with Gasteiger partial charge in [-0.15, -0.1) is 0 Å². The average molecular weight is 319 g/mol. The molecule has 1 saturated heterocycles. The van der Waals surface area contributed by atoms with E-state index in [0.717, 1.165) is 12.8 Å². The molecule has 1 aliphatic rings. The summed E-state index contributed by atoms with van der Waals surface area (Å²) in [6, 6.07) is 1.51. The molecule has 0 bridgehead atoms. The van der Waals surface area contributed by atoms with Crippen molar-refractivity contribution >= 4 is 25.6 Å². The topological polar surface area (TPSA) is 59.4 Å². The summed E-state index contributed by atoms with van der Waals surface area (Å²) in [4.78, 5) is 14.3. The number of hydrogen-bond acceptors (Lipinski definition) is 3. The number of aryl methyl sites for hydroxylation is 1. The first-order valence-electron chi connectivity index (χ1n) is 6.62. The van der Waals surface area contributed by atoms with E-state index in [0.29, 0.717) is 18.2 Å². The van der Waals surface area contributed by atoms with Crippen LogP contribution in [0.5, 0.6) is 0 Å². The highest BCUT2D eigenvalue weighted by Gasteiger charge is 2.29. The molecule has 1 aliphatic heterocycles. The first-order valence-corrected chi connectivity index (χ1v) is 8.93. The van der Waals surface area contributed by atoms with Gasteiger partial charge in [0.2, 0.25) is 0 Å². The highest BCUT2D eigenvalue weighted by atomic mass is 35.7. The highest BCUT2D eigenvalue weighted by molar-refractivity contribution is 8.13. The molecule has 0 N–H and O–H groups in total. The summed E-state index contributed by atoms with van der Waals surface area (Å²) in [7, 11) is 3.15. The third-order valence-corrected chi connectivity index (χ3v) is 5.20. The van der Waals surface area contributed by atoms with Crippen LogP contribution in [-0.2, 0) is 16.1 Å². The Bertz CT molecular complexity index is 624. The number of piperidine rings is 1. The molecule has 0 saturated carbocycles. The molecule has 0 spiro atoms. The van der Waals surface area contributed by atoms with Gasteiger partial charge in [0.25, 0.3) is 15.0 Å². The van der Waals surface area contributed by atoms with Crippen LogP contribution in [0.3, 0.4) is 0 Å². The summed E-state index contributed by atoms with van der Waals surface area (Å²) in [5.41, 5.74) is 0.352. The van der Waals surface area contributed by atoms with Crippen molar-refractivity contribution in [1.29, 1.82) is 0 Å². The minimum absolute atomic E-state index is 0.0388. The number of carbonyl (C=O) groups excluding carboxylic acids is 1. The molecule has 5 nitrogen and oxygen atoms in total. The zero-order valence-electron chi connectivity index (χ0n) is 11.8. The van der Waals surface area contributed by atoms with Gasteiger partial charge in [-0.05, 0) is 31.7 Å². The quantitative estimate of drug-likeness (QED) is 0.786. The standard InChI is InChI=1S/C13H19ClN2O3S/c1-9-4-5-16(10(2)6-9)13(17)12-7-11(8-15(12)3)20(14,18)19/h7-10H,4-6H2,1-3H3. The fraction of sp³-hybridized carbons (Fsp3) is 0.615. The predicted molar refractivity (Wildman–Crippen MR) is 77.3 cm³/mol. The average Bonchev–Trinajstić information content (AvgIpc) is 2.70. The van der Waals surface area contributed by atoms with E-state index in [-0.39, 0.29) is 16.8 Å². The molecule has 2 unspecified atom stereocenters. The Balaban J connectivity index is 2.28. The second-order valence-electron chi connectivity index (χ2n) is 5.59. The Kier molecular flexibility index (Phi) is 4.16. The van der Waals surface area contributed by atoms with Crippen LogP contribution in [-0.4, -0.2) is 36.4 Å². The number of carbonyl (C=O) groups is 1. The summed E-state index contributed by atoms with van der Waals surface area (Å²) in [5, 5.41) is 0. The molecule has 1 fully saturated rings. The molecule has 2 rings (SSSR count). The van der Waals surface area contributed by atoms with E-state index in [4.69, 9.17) is 10.7 Å². The minimum Gasteiger partial charge on any atom is -0.345 e. The number of hydrogen-bond donors (Lipinski definition) is 0. The normalized spacial score (nSPS) is 23.9. The van der Waals surface area contributed by atoms with Gasteiger partial charge in [0.05, 0.1) is 0 Å². The number of aromatic nitrogens is 1. The third-order valence-electron chi connectivity index (χ3n) is 3.88. The van der Waals surface area contributed by atoms with Crippen molar-refractivity contribution in [1.82, 2.24) is 9.47 Å². The van der Waals surface area contributed by atoms with Crippen molar-refractivity contribution in [3.8, 4) is 0 Å². The van der Waals surface area contributed by atoms with Crippen LogP contribution in [0.4, 0.5) is 0 Å². The van der Waals surface area contributed by atoms with Crippen LogP contribution in [0.25, 0.3) is 0 Å². The number of likely N-dealkylation sites (tertiary alicyclic amines) is 1. The fourth-order valence-corrected chi connectivity index (χ4v) is 3.53. The van der Waals surface area contributed by atoms with Crippen molar-refractivity contribution in [2.45, 2.75) is 37.6 Å². The van der Waals surface area contributed by atoms with Gasteiger partial charge in [0.1, 0.15) is 10.6 Å². The Labute approximate surface area is 123 Å². The summed E-state index contributed by atoms with van der Waals surface area (Å²) < 4.78 is 24.2.